The van der Waals surface area contributed by atoms with Crippen LogP contribution in [-0.2, 0) is 9.47 Å². The highest BCUT2D eigenvalue weighted by Gasteiger charge is 2.49. The number of hydrogen-bond acceptors (Lipinski definition) is 6. The third-order valence-corrected chi connectivity index (χ3v) is 4.56. The van der Waals surface area contributed by atoms with Crippen molar-refractivity contribution in [1.82, 2.24) is 4.98 Å². The number of carbonyl (C=O) groups is 1. The van der Waals surface area contributed by atoms with Crippen molar-refractivity contribution < 1.29 is 14.3 Å². The van der Waals surface area contributed by atoms with E-state index in [9.17, 15) is 4.79 Å². The van der Waals surface area contributed by atoms with Crippen molar-refractivity contribution in [3.63, 3.8) is 0 Å². The van der Waals surface area contributed by atoms with E-state index in [0.717, 1.165) is 11.4 Å². The van der Waals surface area contributed by atoms with E-state index >= 15 is 0 Å². The minimum atomic E-state index is -0.369. The summed E-state index contributed by atoms with van der Waals surface area (Å²) in [6.07, 6.45) is 1.19. The lowest BCUT2D eigenvalue weighted by Crippen LogP contribution is -2.57. The normalized spacial score (nSPS) is 24.6. The van der Waals surface area contributed by atoms with Gasteiger partial charge in [-0.25, -0.2) is 9.78 Å². The van der Waals surface area contributed by atoms with Crippen molar-refractivity contribution in [3.05, 3.63) is 11.2 Å². The second-order valence-corrected chi connectivity index (χ2v) is 6.08. The summed E-state index contributed by atoms with van der Waals surface area (Å²) >= 11 is 1.43. The van der Waals surface area contributed by atoms with Gasteiger partial charge in [-0.15, -0.1) is 11.3 Å². The number of nitrogens with zero attached hydrogens (tertiary/aromatic N) is 1. The van der Waals surface area contributed by atoms with Gasteiger partial charge in [-0.05, 0) is 13.3 Å². The Kier molecular flexibility index (Phi) is 4.10. The number of methoxy groups -OCH3 is 1. The molecule has 2 atom stereocenters. The lowest BCUT2D eigenvalue weighted by atomic mass is 9.64. The standard InChI is InChI=1S/C13H20N2O3S/c1-5-18-12(16)10-11(19-7-14-10)15-8-6-9(17-4)13(8,2)3/h7-9,15H,5-6H2,1-4H3. The maximum Gasteiger partial charge on any atom is 0.360 e. The number of anilines is 1. The molecule has 2 unspecified atom stereocenters. The van der Waals surface area contributed by atoms with E-state index in [1.54, 1.807) is 19.5 Å². The van der Waals surface area contributed by atoms with E-state index in [1.807, 2.05) is 0 Å². The van der Waals surface area contributed by atoms with Crippen LogP contribution < -0.4 is 5.32 Å². The van der Waals surface area contributed by atoms with E-state index in [-0.39, 0.29) is 23.5 Å². The summed E-state index contributed by atoms with van der Waals surface area (Å²) in [5.41, 5.74) is 2.09. The summed E-state index contributed by atoms with van der Waals surface area (Å²) in [6, 6.07) is 0.283. The van der Waals surface area contributed by atoms with E-state index in [0.29, 0.717) is 12.3 Å². The summed E-state index contributed by atoms with van der Waals surface area (Å²) in [5, 5.41) is 4.18. The third kappa shape index (κ3) is 2.60. The number of nitrogens with one attached hydrogen (secondary N) is 1. The van der Waals surface area contributed by atoms with Gasteiger partial charge in [0.15, 0.2) is 5.69 Å². The van der Waals surface area contributed by atoms with Crippen molar-refractivity contribution in [3.8, 4) is 0 Å². The lowest BCUT2D eigenvalue weighted by Gasteiger charge is -2.51. The molecule has 1 aliphatic rings. The number of esters is 1. The molecule has 1 saturated carbocycles. The number of hydrogen-bond donors (Lipinski definition) is 1. The predicted octanol–water partition coefficient (Wildman–Crippen LogP) is 2.55. The van der Waals surface area contributed by atoms with Crippen LogP contribution in [0.15, 0.2) is 5.51 Å². The highest BCUT2D eigenvalue weighted by atomic mass is 32.1. The zero-order chi connectivity index (χ0) is 14.0. The Labute approximate surface area is 117 Å². The first-order chi connectivity index (χ1) is 9.00. The molecule has 1 fully saturated rings. The van der Waals surface area contributed by atoms with Crippen LogP contribution in [0.3, 0.4) is 0 Å². The second kappa shape index (κ2) is 5.46. The Morgan fingerprint density at radius 3 is 2.95 bits per heavy atom. The van der Waals surface area contributed by atoms with E-state index in [4.69, 9.17) is 9.47 Å². The number of carbonyl (C=O) groups excluding carboxylic acids is 1. The first-order valence-corrected chi connectivity index (χ1v) is 7.28. The number of ether oxygens (including phenoxy) is 2. The highest BCUT2D eigenvalue weighted by Crippen LogP contribution is 2.44. The number of rotatable bonds is 5. The molecule has 6 heteroatoms. The van der Waals surface area contributed by atoms with Gasteiger partial charge in [0.2, 0.25) is 0 Å². The largest absolute Gasteiger partial charge is 0.461 e. The SMILES string of the molecule is CCOC(=O)c1ncsc1NC1CC(OC)C1(C)C. The molecule has 0 bridgehead atoms. The molecular weight excluding hydrogens is 264 g/mol. The molecule has 1 heterocycles. The Morgan fingerprint density at radius 1 is 1.63 bits per heavy atom. The summed E-state index contributed by atoms with van der Waals surface area (Å²) < 4.78 is 10.4. The molecule has 0 radical (unpaired) electrons. The lowest BCUT2D eigenvalue weighted by molar-refractivity contribution is -0.0794. The maximum absolute atomic E-state index is 11.8. The van der Waals surface area contributed by atoms with Gasteiger partial charge in [0.25, 0.3) is 0 Å². The summed E-state index contributed by atoms with van der Waals surface area (Å²) in [4.78, 5) is 15.8. The average Bonchev–Trinajstić information content (AvgIpc) is 2.82. The fourth-order valence-electron chi connectivity index (χ4n) is 2.38. The first-order valence-electron chi connectivity index (χ1n) is 6.40. The van der Waals surface area contributed by atoms with Gasteiger partial charge in [0.05, 0.1) is 18.2 Å². The van der Waals surface area contributed by atoms with Crippen molar-refractivity contribution in [2.45, 2.75) is 39.3 Å². The van der Waals surface area contributed by atoms with E-state index in [1.165, 1.54) is 11.3 Å². The Bertz CT molecular complexity index is 458. The molecule has 0 aromatic carbocycles. The third-order valence-electron chi connectivity index (χ3n) is 3.80. The first kappa shape index (κ1) is 14.3. The van der Waals surface area contributed by atoms with Gasteiger partial charge in [0, 0.05) is 18.6 Å². The highest BCUT2D eigenvalue weighted by molar-refractivity contribution is 7.14. The smallest absolute Gasteiger partial charge is 0.360 e. The molecule has 2 rings (SSSR count). The summed E-state index contributed by atoms with van der Waals surface area (Å²) in [7, 11) is 1.74. The zero-order valence-electron chi connectivity index (χ0n) is 11.7. The molecule has 0 aliphatic heterocycles. The van der Waals surface area contributed by atoms with Crippen LogP contribution in [0, 0.1) is 5.41 Å². The van der Waals surface area contributed by atoms with Crippen LogP contribution in [0.1, 0.15) is 37.7 Å². The molecule has 1 aliphatic carbocycles. The Balaban J connectivity index is 2.05. The minimum Gasteiger partial charge on any atom is -0.461 e. The maximum atomic E-state index is 11.8. The molecule has 0 spiro atoms. The molecule has 19 heavy (non-hydrogen) atoms. The van der Waals surface area contributed by atoms with Crippen molar-refractivity contribution in [2.24, 2.45) is 5.41 Å². The topological polar surface area (TPSA) is 60.5 Å². The predicted molar refractivity (Wildman–Crippen MR) is 74.7 cm³/mol. The van der Waals surface area contributed by atoms with Crippen LogP contribution in [0.2, 0.25) is 0 Å². The molecule has 1 N–H and O–H groups in total. The fraction of sp³-hybridized carbons (Fsp3) is 0.692. The van der Waals surface area contributed by atoms with Crippen molar-refractivity contribution in [1.29, 1.82) is 0 Å². The quantitative estimate of drug-likeness (QED) is 0.842. The van der Waals surface area contributed by atoms with Gasteiger partial charge < -0.3 is 14.8 Å². The Hall–Kier alpha value is -1.14. The van der Waals surface area contributed by atoms with E-state index < -0.39 is 0 Å². The monoisotopic (exact) mass is 284 g/mol. The average molecular weight is 284 g/mol. The number of aromatic nitrogens is 1. The van der Waals surface area contributed by atoms with Gasteiger partial charge in [-0.2, -0.15) is 0 Å². The number of thiazole rings is 1. The van der Waals surface area contributed by atoms with Crippen LogP contribution in [0.4, 0.5) is 5.00 Å². The zero-order valence-corrected chi connectivity index (χ0v) is 12.5. The second-order valence-electron chi connectivity index (χ2n) is 5.23. The van der Waals surface area contributed by atoms with Crippen LogP contribution in [0.5, 0.6) is 0 Å². The van der Waals surface area contributed by atoms with Gasteiger partial charge in [-0.1, -0.05) is 13.8 Å². The molecule has 5 nitrogen and oxygen atoms in total. The van der Waals surface area contributed by atoms with Gasteiger partial charge >= 0.3 is 5.97 Å². The molecular formula is C13H20N2O3S. The fourth-order valence-corrected chi connectivity index (χ4v) is 3.10. The van der Waals surface area contributed by atoms with Crippen LogP contribution in [-0.4, -0.2) is 36.8 Å². The van der Waals surface area contributed by atoms with Crippen LogP contribution >= 0.6 is 11.3 Å². The van der Waals surface area contributed by atoms with Gasteiger partial charge in [-0.3, -0.25) is 0 Å². The van der Waals surface area contributed by atoms with Gasteiger partial charge in [0.1, 0.15) is 5.00 Å². The van der Waals surface area contributed by atoms with Crippen molar-refractivity contribution in [2.75, 3.05) is 19.0 Å². The molecule has 0 amide bonds. The molecule has 106 valence electrons. The molecule has 0 saturated heterocycles. The summed E-state index contributed by atoms with van der Waals surface area (Å²) in [6.45, 7) is 6.47. The molecule has 1 aromatic heterocycles. The molecule has 1 aromatic rings. The summed E-state index contributed by atoms with van der Waals surface area (Å²) in [5.74, 6) is -0.369. The van der Waals surface area contributed by atoms with Crippen LogP contribution in [0.25, 0.3) is 0 Å². The minimum absolute atomic E-state index is 0.0463. The Morgan fingerprint density at radius 2 is 2.37 bits per heavy atom. The van der Waals surface area contributed by atoms with E-state index in [2.05, 4.69) is 24.1 Å². The van der Waals surface area contributed by atoms with Crippen molar-refractivity contribution >= 4 is 22.3 Å².